The van der Waals surface area contributed by atoms with E-state index in [9.17, 15) is 4.79 Å². The van der Waals surface area contributed by atoms with Crippen molar-refractivity contribution in [2.75, 3.05) is 19.7 Å². The van der Waals surface area contributed by atoms with Crippen LogP contribution in [0, 0.1) is 5.92 Å². The minimum Gasteiger partial charge on any atom is -0.370 e. The van der Waals surface area contributed by atoms with E-state index >= 15 is 0 Å². The molecule has 4 rings (SSSR count). The summed E-state index contributed by atoms with van der Waals surface area (Å²) < 4.78 is 7.83. The van der Waals surface area contributed by atoms with Gasteiger partial charge in [0.05, 0.1) is 13.2 Å². The van der Waals surface area contributed by atoms with Crippen molar-refractivity contribution in [1.82, 2.24) is 19.7 Å². The van der Waals surface area contributed by atoms with Gasteiger partial charge in [0.15, 0.2) is 0 Å². The van der Waals surface area contributed by atoms with Crippen molar-refractivity contribution in [3.05, 3.63) is 47.5 Å². The smallest absolute Gasteiger partial charge is 0.226 e. The second-order valence-corrected chi connectivity index (χ2v) is 6.83. The van der Waals surface area contributed by atoms with Gasteiger partial charge in [-0.25, -0.2) is 4.98 Å². The van der Waals surface area contributed by atoms with E-state index in [4.69, 9.17) is 4.74 Å². The lowest BCUT2D eigenvalue weighted by atomic mass is 9.95. The number of hydrogen-bond acceptors (Lipinski definition) is 4. The SMILES string of the molecule is CCc1ccc(C2CN(C(=O)C3CCn4ncnc4C3)CCO2)cc1. The molecule has 3 heterocycles. The molecule has 2 atom stereocenters. The van der Waals surface area contributed by atoms with Crippen LogP contribution in [0.4, 0.5) is 0 Å². The summed E-state index contributed by atoms with van der Waals surface area (Å²) in [5.74, 6) is 1.16. The Hall–Kier alpha value is -2.21. The molecule has 6 heteroatoms. The highest BCUT2D eigenvalue weighted by Crippen LogP contribution is 2.26. The molecular weight excluding hydrogens is 316 g/mol. The molecule has 0 radical (unpaired) electrons. The van der Waals surface area contributed by atoms with Crippen LogP contribution in [-0.2, 0) is 28.9 Å². The number of morpholine rings is 1. The lowest BCUT2D eigenvalue weighted by molar-refractivity contribution is -0.144. The van der Waals surface area contributed by atoms with Gasteiger partial charge in [0.1, 0.15) is 18.3 Å². The number of nitrogens with zero attached hydrogens (tertiary/aromatic N) is 4. The molecule has 25 heavy (non-hydrogen) atoms. The number of aromatic nitrogens is 3. The summed E-state index contributed by atoms with van der Waals surface area (Å²) in [6.45, 7) is 4.82. The molecular formula is C19H24N4O2. The summed E-state index contributed by atoms with van der Waals surface area (Å²) in [4.78, 5) is 19.2. The molecule has 1 amide bonds. The summed E-state index contributed by atoms with van der Waals surface area (Å²) in [5, 5.41) is 4.19. The molecule has 0 bridgehead atoms. The Balaban J connectivity index is 1.43. The Kier molecular flexibility index (Phi) is 4.53. The monoisotopic (exact) mass is 340 g/mol. The van der Waals surface area contributed by atoms with Crippen LogP contribution in [0.15, 0.2) is 30.6 Å². The van der Waals surface area contributed by atoms with E-state index in [0.717, 1.165) is 30.8 Å². The number of ether oxygens (including phenoxy) is 1. The molecule has 0 aliphatic carbocycles. The Labute approximate surface area is 147 Å². The van der Waals surface area contributed by atoms with Crippen LogP contribution in [-0.4, -0.2) is 45.3 Å². The molecule has 6 nitrogen and oxygen atoms in total. The first-order chi connectivity index (χ1) is 12.2. The minimum absolute atomic E-state index is 0.0120. The predicted octanol–water partition coefficient (Wildman–Crippen LogP) is 2.00. The van der Waals surface area contributed by atoms with Crippen molar-refractivity contribution < 1.29 is 9.53 Å². The van der Waals surface area contributed by atoms with Gasteiger partial charge in [0, 0.05) is 25.4 Å². The van der Waals surface area contributed by atoms with Gasteiger partial charge < -0.3 is 9.64 Å². The molecule has 1 fully saturated rings. The fourth-order valence-corrected chi connectivity index (χ4v) is 3.72. The molecule has 0 saturated carbocycles. The Morgan fingerprint density at radius 1 is 1.28 bits per heavy atom. The number of carbonyl (C=O) groups excluding carboxylic acids is 1. The summed E-state index contributed by atoms with van der Waals surface area (Å²) in [7, 11) is 0. The topological polar surface area (TPSA) is 60.2 Å². The van der Waals surface area contributed by atoms with E-state index in [0.29, 0.717) is 26.1 Å². The van der Waals surface area contributed by atoms with Crippen LogP contribution < -0.4 is 0 Å². The van der Waals surface area contributed by atoms with Gasteiger partial charge in [-0.3, -0.25) is 9.48 Å². The summed E-state index contributed by atoms with van der Waals surface area (Å²) in [6, 6.07) is 8.54. The Morgan fingerprint density at radius 3 is 2.92 bits per heavy atom. The van der Waals surface area contributed by atoms with Crippen LogP contribution in [0.2, 0.25) is 0 Å². The third-order valence-electron chi connectivity index (χ3n) is 5.30. The molecule has 132 valence electrons. The highest BCUT2D eigenvalue weighted by atomic mass is 16.5. The van der Waals surface area contributed by atoms with Crippen LogP contribution >= 0.6 is 0 Å². The van der Waals surface area contributed by atoms with E-state index in [1.165, 1.54) is 5.56 Å². The van der Waals surface area contributed by atoms with Crippen molar-refractivity contribution in [2.24, 2.45) is 5.92 Å². The van der Waals surface area contributed by atoms with E-state index in [1.807, 2.05) is 9.58 Å². The van der Waals surface area contributed by atoms with Gasteiger partial charge in [-0.15, -0.1) is 0 Å². The molecule has 1 saturated heterocycles. The first kappa shape index (κ1) is 16.3. The lowest BCUT2D eigenvalue weighted by Gasteiger charge is -2.36. The molecule has 2 aliphatic rings. The second-order valence-electron chi connectivity index (χ2n) is 6.83. The van der Waals surface area contributed by atoms with E-state index in [1.54, 1.807) is 6.33 Å². The third-order valence-corrected chi connectivity index (χ3v) is 5.30. The maximum Gasteiger partial charge on any atom is 0.226 e. The molecule has 2 aliphatic heterocycles. The van der Waals surface area contributed by atoms with Crippen LogP contribution in [0.25, 0.3) is 0 Å². The van der Waals surface area contributed by atoms with Crippen LogP contribution in [0.1, 0.15) is 36.4 Å². The normalized spacial score (nSPS) is 23.3. The molecule has 2 unspecified atom stereocenters. The average molecular weight is 340 g/mol. The van der Waals surface area contributed by atoms with Crippen molar-refractivity contribution in [3.8, 4) is 0 Å². The average Bonchev–Trinajstić information content (AvgIpc) is 3.15. The van der Waals surface area contributed by atoms with Crippen molar-refractivity contribution in [2.45, 2.75) is 38.8 Å². The zero-order valence-electron chi connectivity index (χ0n) is 14.6. The zero-order chi connectivity index (χ0) is 17.2. The van der Waals surface area contributed by atoms with Crippen molar-refractivity contribution >= 4 is 5.91 Å². The fraction of sp³-hybridized carbons (Fsp3) is 0.526. The van der Waals surface area contributed by atoms with Crippen LogP contribution in [0.3, 0.4) is 0 Å². The first-order valence-corrected chi connectivity index (χ1v) is 9.10. The van der Waals surface area contributed by atoms with Crippen molar-refractivity contribution in [1.29, 1.82) is 0 Å². The molecule has 2 aromatic rings. The zero-order valence-corrected chi connectivity index (χ0v) is 14.6. The van der Waals surface area contributed by atoms with Gasteiger partial charge >= 0.3 is 0 Å². The molecule has 1 aromatic heterocycles. The van der Waals surface area contributed by atoms with Crippen LogP contribution in [0.5, 0.6) is 0 Å². The standard InChI is InChI=1S/C19H24N4O2/c1-2-14-3-5-15(6-4-14)17-12-22(9-10-25-17)19(24)16-7-8-23-18(11-16)20-13-21-23/h3-6,13,16-17H,2,7-12H2,1H3. The number of rotatable bonds is 3. The van der Waals surface area contributed by atoms with Gasteiger partial charge in [-0.1, -0.05) is 31.2 Å². The Bertz CT molecular complexity index is 740. The van der Waals surface area contributed by atoms with Gasteiger partial charge in [0.25, 0.3) is 0 Å². The molecule has 0 N–H and O–H groups in total. The number of carbonyl (C=O) groups is 1. The highest BCUT2D eigenvalue weighted by molar-refractivity contribution is 5.79. The van der Waals surface area contributed by atoms with Gasteiger partial charge in [-0.2, -0.15) is 5.10 Å². The second kappa shape index (κ2) is 6.96. The first-order valence-electron chi connectivity index (χ1n) is 9.10. The van der Waals surface area contributed by atoms with E-state index in [-0.39, 0.29) is 17.9 Å². The number of amides is 1. The number of aryl methyl sites for hydroxylation is 2. The lowest BCUT2D eigenvalue weighted by Crippen LogP contribution is -2.46. The van der Waals surface area contributed by atoms with Crippen molar-refractivity contribution in [3.63, 3.8) is 0 Å². The van der Waals surface area contributed by atoms with Gasteiger partial charge in [-0.05, 0) is 24.0 Å². The summed E-state index contributed by atoms with van der Waals surface area (Å²) >= 11 is 0. The largest absolute Gasteiger partial charge is 0.370 e. The Morgan fingerprint density at radius 2 is 2.12 bits per heavy atom. The van der Waals surface area contributed by atoms with E-state index < -0.39 is 0 Å². The maximum atomic E-state index is 13.0. The predicted molar refractivity (Wildman–Crippen MR) is 92.9 cm³/mol. The minimum atomic E-state index is -0.0316. The third kappa shape index (κ3) is 3.31. The van der Waals surface area contributed by atoms with E-state index in [2.05, 4.69) is 41.3 Å². The molecule has 1 aromatic carbocycles. The maximum absolute atomic E-state index is 13.0. The summed E-state index contributed by atoms with van der Waals surface area (Å²) in [5.41, 5.74) is 2.47. The molecule has 0 spiro atoms. The fourth-order valence-electron chi connectivity index (χ4n) is 3.72. The summed E-state index contributed by atoms with van der Waals surface area (Å²) in [6.07, 6.45) is 4.10. The highest BCUT2D eigenvalue weighted by Gasteiger charge is 2.32. The quantitative estimate of drug-likeness (QED) is 0.857. The number of fused-ring (bicyclic) bond motifs is 1. The number of hydrogen-bond donors (Lipinski definition) is 0. The number of benzene rings is 1. The van der Waals surface area contributed by atoms with Gasteiger partial charge in [0.2, 0.25) is 5.91 Å².